The van der Waals surface area contributed by atoms with Gasteiger partial charge in [-0.05, 0) is 36.6 Å². The van der Waals surface area contributed by atoms with Gasteiger partial charge in [-0.3, -0.25) is 4.55 Å². The van der Waals surface area contributed by atoms with E-state index in [9.17, 15) is 18.1 Å². The minimum absolute atomic E-state index is 0.0281. The highest BCUT2D eigenvalue weighted by Gasteiger charge is 2.15. The Bertz CT molecular complexity index is 877. The Morgan fingerprint density at radius 1 is 0.800 bits per heavy atom. The van der Waals surface area contributed by atoms with Crippen molar-refractivity contribution >= 4 is 10.1 Å². The summed E-state index contributed by atoms with van der Waals surface area (Å²) >= 11 is 0. The number of unbranched alkanes of at least 4 members (excludes halogenated alkanes) is 9. The molecular weight excluding hydrogens is 400 g/mol. The second kappa shape index (κ2) is 12.6. The Hall–Kier alpha value is -2.05. The number of aromatic hydroxyl groups is 1. The van der Waals surface area contributed by atoms with E-state index in [1.54, 1.807) is 24.3 Å². The van der Waals surface area contributed by atoms with E-state index in [-0.39, 0.29) is 16.4 Å². The molecule has 2 N–H and O–H groups in total. The van der Waals surface area contributed by atoms with Crippen molar-refractivity contribution in [1.82, 2.24) is 0 Å². The Morgan fingerprint density at radius 2 is 1.40 bits per heavy atom. The van der Waals surface area contributed by atoms with Crippen molar-refractivity contribution in [1.29, 1.82) is 0 Å². The lowest BCUT2D eigenvalue weighted by Crippen LogP contribution is -2.01. The average Bonchev–Trinajstić information content (AvgIpc) is 2.71. The molecule has 0 aliphatic carbocycles. The van der Waals surface area contributed by atoms with Gasteiger partial charge in [0.25, 0.3) is 10.1 Å². The predicted molar refractivity (Wildman–Crippen MR) is 120 cm³/mol. The number of rotatable bonds is 14. The van der Waals surface area contributed by atoms with Crippen molar-refractivity contribution < 1.29 is 22.8 Å². The van der Waals surface area contributed by atoms with E-state index in [0.29, 0.717) is 5.75 Å². The number of ether oxygens (including phenoxy) is 1. The molecule has 2 rings (SSSR count). The molecule has 0 aromatic heterocycles. The minimum Gasteiger partial charge on any atom is -0.504 e. The molecule has 0 fully saturated rings. The summed E-state index contributed by atoms with van der Waals surface area (Å²) in [5.41, 5.74) is 0.852. The molecule has 5 nitrogen and oxygen atoms in total. The molecule has 0 saturated heterocycles. The van der Waals surface area contributed by atoms with E-state index in [2.05, 4.69) is 6.92 Å². The molecule has 0 atom stereocenters. The van der Waals surface area contributed by atoms with Crippen molar-refractivity contribution in [3.05, 3.63) is 48.0 Å². The molecular formula is C24H34O5S. The fourth-order valence-corrected chi connectivity index (χ4v) is 3.96. The van der Waals surface area contributed by atoms with Gasteiger partial charge in [0.05, 0.1) is 4.90 Å². The first-order chi connectivity index (χ1) is 14.4. The molecule has 166 valence electrons. The quantitative estimate of drug-likeness (QED) is 0.250. The Kier molecular flexibility index (Phi) is 10.2. The minimum atomic E-state index is -4.33. The van der Waals surface area contributed by atoms with Gasteiger partial charge in [0.2, 0.25) is 0 Å². The van der Waals surface area contributed by atoms with Gasteiger partial charge in [0.1, 0.15) is 5.75 Å². The number of para-hydroxylation sites is 2. The van der Waals surface area contributed by atoms with Crippen molar-refractivity contribution in [2.75, 3.05) is 0 Å². The van der Waals surface area contributed by atoms with Crippen LogP contribution in [-0.4, -0.2) is 18.1 Å². The Balaban J connectivity index is 1.91. The molecule has 0 heterocycles. The number of hydrogen-bond acceptors (Lipinski definition) is 4. The van der Waals surface area contributed by atoms with Crippen LogP contribution in [0.4, 0.5) is 0 Å². The second-order valence-electron chi connectivity index (χ2n) is 7.75. The molecule has 30 heavy (non-hydrogen) atoms. The number of phenolic OH excluding ortho intramolecular Hbond substituents is 1. The first-order valence-electron chi connectivity index (χ1n) is 11.0. The van der Waals surface area contributed by atoms with Gasteiger partial charge in [0, 0.05) is 6.07 Å². The van der Waals surface area contributed by atoms with E-state index < -0.39 is 10.1 Å². The fraction of sp³-hybridized carbons (Fsp3) is 0.500. The highest BCUT2D eigenvalue weighted by Crippen LogP contribution is 2.34. The average molecular weight is 435 g/mol. The van der Waals surface area contributed by atoms with Crippen LogP contribution in [0.25, 0.3) is 0 Å². The Morgan fingerprint density at radius 3 is 2.00 bits per heavy atom. The molecule has 0 aliphatic rings. The van der Waals surface area contributed by atoms with Gasteiger partial charge in [-0.1, -0.05) is 82.9 Å². The summed E-state index contributed by atoms with van der Waals surface area (Å²) in [6.07, 6.45) is 13.1. The van der Waals surface area contributed by atoms with E-state index >= 15 is 0 Å². The molecule has 0 aliphatic heterocycles. The maximum atomic E-state index is 11.5. The van der Waals surface area contributed by atoms with Crippen molar-refractivity contribution in [3.8, 4) is 17.2 Å². The monoisotopic (exact) mass is 434 g/mol. The zero-order chi connectivity index (χ0) is 21.8. The molecule has 6 heteroatoms. The largest absolute Gasteiger partial charge is 0.504 e. The third kappa shape index (κ3) is 8.36. The first kappa shape index (κ1) is 24.2. The fourth-order valence-electron chi connectivity index (χ4n) is 3.46. The lowest BCUT2D eigenvalue weighted by atomic mass is 10.0. The van der Waals surface area contributed by atoms with Crippen molar-refractivity contribution in [2.45, 2.75) is 82.4 Å². The third-order valence-electron chi connectivity index (χ3n) is 5.22. The summed E-state index contributed by atoms with van der Waals surface area (Å²) in [5, 5.41) is 9.96. The van der Waals surface area contributed by atoms with Crippen LogP contribution in [0, 0.1) is 0 Å². The van der Waals surface area contributed by atoms with Crippen LogP contribution >= 0.6 is 0 Å². The lowest BCUT2D eigenvalue weighted by Gasteiger charge is -2.13. The van der Waals surface area contributed by atoms with Crippen molar-refractivity contribution in [2.24, 2.45) is 0 Å². The van der Waals surface area contributed by atoms with E-state index in [1.165, 1.54) is 69.6 Å². The van der Waals surface area contributed by atoms with E-state index in [1.807, 2.05) is 0 Å². The lowest BCUT2D eigenvalue weighted by molar-refractivity contribution is 0.407. The summed E-state index contributed by atoms with van der Waals surface area (Å²) in [6.45, 7) is 2.23. The summed E-state index contributed by atoms with van der Waals surface area (Å²) in [7, 11) is -4.33. The third-order valence-corrected chi connectivity index (χ3v) is 6.07. The van der Waals surface area contributed by atoms with Crippen LogP contribution < -0.4 is 4.74 Å². The number of hydrogen-bond donors (Lipinski definition) is 2. The van der Waals surface area contributed by atoms with Crippen LogP contribution in [0.15, 0.2) is 47.4 Å². The number of aryl methyl sites for hydroxylation is 1. The highest BCUT2D eigenvalue weighted by atomic mass is 32.2. The zero-order valence-electron chi connectivity index (χ0n) is 17.8. The summed E-state index contributed by atoms with van der Waals surface area (Å²) < 4.78 is 38.2. The topological polar surface area (TPSA) is 83.8 Å². The molecule has 2 aromatic rings. The van der Waals surface area contributed by atoms with Gasteiger partial charge in [0.15, 0.2) is 11.5 Å². The summed E-state index contributed by atoms with van der Waals surface area (Å²) in [5.74, 6) is 0.552. The summed E-state index contributed by atoms with van der Waals surface area (Å²) in [4.78, 5) is -0.222. The van der Waals surface area contributed by atoms with Gasteiger partial charge in [-0.2, -0.15) is 8.42 Å². The second-order valence-corrected chi connectivity index (χ2v) is 9.17. The molecule has 0 bridgehead atoms. The van der Waals surface area contributed by atoms with E-state index in [4.69, 9.17) is 4.74 Å². The van der Waals surface area contributed by atoms with Crippen LogP contribution in [0.3, 0.4) is 0 Å². The van der Waals surface area contributed by atoms with Crippen LogP contribution in [0.5, 0.6) is 17.2 Å². The summed E-state index contributed by atoms with van der Waals surface area (Å²) in [6, 6.07) is 10.9. The van der Waals surface area contributed by atoms with Gasteiger partial charge < -0.3 is 9.84 Å². The highest BCUT2D eigenvalue weighted by molar-refractivity contribution is 7.85. The van der Waals surface area contributed by atoms with E-state index in [0.717, 1.165) is 24.8 Å². The Labute approximate surface area is 180 Å². The standard InChI is InChI=1S/C24H34O5S/c1-2-3-4-5-6-7-8-9-10-11-14-20-17-18-21(30(26,27)28)19-24(20)29-23-16-13-12-15-22(23)25/h12-13,15-19,25H,2-11,14H2,1H3,(H,26,27,28). The normalized spacial score (nSPS) is 11.5. The molecule has 0 amide bonds. The van der Waals surface area contributed by atoms with Gasteiger partial charge >= 0.3 is 0 Å². The smallest absolute Gasteiger partial charge is 0.294 e. The van der Waals surface area contributed by atoms with Crippen LogP contribution in [0.1, 0.15) is 76.7 Å². The maximum absolute atomic E-state index is 11.5. The SMILES string of the molecule is CCCCCCCCCCCCc1ccc(S(=O)(=O)O)cc1Oc1ccccc1O. The molecule has 0 unspecified atom stereocenters. The molecule has 0 radical (unpaired) electrons. The van der Waals surface area contributed by atoms with Gasteiger partial charge in [-0.25, -0.2) is 0 Å². The predicted octanol–water partition coefficient (Wildman–Crippen LogP) is 6.89. The van der Waals surface area contributed by atoms with Crippen molar-refractivity contribution in [3.63, 3.8) is 0 Å². The number of phenols is 1. The zero-order valence-corrected chi connectivity index (χ0v) is 18.7. The molecule has 0 spiro atoms. The first-order valence-corrected chi connectivity index (χ1v) is 12.4. The molecule has 0 saturated carbocycles. The maximum Gasteiger partial charge on any atom is 0.294 e. The van der Waals surface area contributed by atoms with Crippen LogP contribution in [0.2, 0.25) is 0 Å². The van der Waals surface area contributed by atoms with Crippen LogP contribution in [-0.2, 0) is 16.5 Å². The molecule has 2 aromatic carbocycles. The number of benzene rings is 2. The van der Waals surface area contributed by atoms with Gasteiger partial charge in [-0.15, -0.1) is 0 Å².